The van der Waals surface area contributed by atoms with Crippen molar-refractivity contribution in [3.05, 3.63) is 45.9 Å². The van der Waals surface area contributed by atoms with E-state index in [-0.39, 0.29) is 0 Å². The van der Waals surface area contributed by atoms with Crippen molar-refractivity contribution < 1.29 is 4.74 Å². The van der Waals surface area contributed by atoms with Crippen molar-refractivity contribution >= 4 is 11.3 Å². The third-order valence-corrected chi connectivity index (χ3v) is 4.07. The van der Waals surface area contributed by atoms with Crippen molar-refractivity contribution in [1.29, 1.82) is 0 Å². The largest absolute Gasteiger partial charge is 0.497 e. The maximum absolute atomic E-state index is 5.16. The van der Waals surface area contributed by atoms with Gasteiger partial charge in [0.05, 0.1) is 17.8 Å². The lowest BCUT2D eigenvalue weighted by molar-refractivity contribution is 0.414. The highest BCUT2D eigenvalue weighted by molar-refractivity contribution is 7.09. The normalized spacial score (nSPS) is 12.4. The van der Waals surface area contributed by atoms with Crippen molar-refractivity contribution in [3.8, 4) is 5.75 Å². The molecule has 0 fully saturated rings. The summed E-state index contributed by atoms with van der Waals surface area (Å²) in [6.07, 6.45) is 2.05. The second kappa shape index (κ2) is 6.01. The Morgan fingerprint density at radius 1 is 1.28 bits per heavy atom. The molecule has 1 heterocycles. The first kappa shape index (κ1) is 13.1. The molecule has 0 spiro atoms. The summed E-state index contributed by atoms with van der Waals surface area (Å²) in [5.74, 6) is 1.46. The Balaban J connectivity index is 2.06. The number of ether oxygens (including phenoxy) is 1. The third kappa shape index (κ3) is 3.10. The second-order valence-electron chi connectivity index (χ2n) is 4.50. The zero-order chi connectivity index (χ0) is 13.0. The summed E-state index contributed by atoms with van der Waals surface area (Å²) in [6, 6.07) is 8.20. The van der Waals surface area contributed by atoms with Gasteiger partial charge in [-0.1, -0.05) is 26.0 Å². The monoisotopic (exact) mass is 261 g/mol. The van der Waals surface area contributed by atoms with Crippen LogP contribution in [0, 0.1) is 0 Å². The molecule has 18 heavy (non-hydrogen) atoms. The molecule has 1 atom stereocenters. The number of benzene rings is 1. The van der Waals surface area contributed by atoms with Crippen LogP contribution in [0.4, 0.5) is 0 Å². The minimum atomic E-state index is 0.561. The van der Waals surface area contributed by atoms with Gasteiger partial charge in [-0.05, 0) is 30.0 Å². The fraction of sp³-hybridized carbons (Fsp3) is 0.400. The van der Waals surface area contributed by atoms with E-state index in [2.05, 4.69) is 31.4 Å². The van der Waals surface area contributed by atoms with E-state index < -0.39 is 0 Å². The van der Waals surface area contributed by atoms with Gasteiger partial charge in [0.1, 0.15) is 5.75 Å². The molecule has 96 valence electrons. The molecule has 0 saturated carbocycles. The van der Waals surface area contributed by atoms with E-state index in [9.17, 15) is 0 Å². The fourth-order valence-corrected chi connectivity index (χ4v) is 2.71. The van der Waals surface area contributed by atoms with Gasteiger partial charge in [0.2, 0.25) is 0 Å². The van der Waals surface area contributed by atoms with Crippen LogP contribution in [0.2, 0.25) is 0 Å². The summed E-state index contributed by atoms with van der Waals surface area (Å²) >= 11 is 1.76. The molecule has 0 aliphatic heterocycles. The SMILES string of the molecule is CCC(C)c1csc(Cc2ccc(OC)cc2)n1. The van der Waals surface area contributed by atoms with Gasteiger partial charge >= 0.3 is 0 Å². The zero-order valence-corrected chi connectivity index (χ0v) is 12.0. The number of aromatic nitrogens is 1. The van der Waals surface area contributed by atoms with E-state index >= 15 is 0 Å². The van der Waals surface area contributed by atoms with Gasteiger partial charge in [-0.2, -0.15) is 0 Å². The Morgan fingerprint density at radius 2 is 2.00 bits per heavy atom. The number of thiazole rings is 1. The van der Waals surface area contributed by atoms with Gasteiger partial charge in [-0.3, -0.25) is 0 Å². The predicted molar refractivity (Wildman–Crippen MR) is 76.6 cm³/mol. The van der Waals surface area contributed by atoms with E-state index in [1.165, 1.54) is 16.3 Å². The summed E-state index contributed by atoms with van der Waals surface area (Å²) in [4.78, 5) is 4.71. The van der Waals surface area contributed by atoms with Crippen LogP contribution in [0.15, 0.2) is 29.6 Å². The summed E-state index contributed by atoms with van der Waals surface area (Å²) < 4.78 is 5.16. The van der Waals surface area contributed by atoms with Crippen LogP contribution in [0.3, 0.4) is 0 Å². The topological polar surface area (TPSA) is 22.1 Å². The Morgan fingerprint density at radius 3 is 2.61 bits per heavy atom. The van der Waals surface area contributed by atoms with E-state index in [4.69, 9.17) is 9.72 Å². The first-order valence-corrected chi connectivity index (χ1v) is 7.18. The minimum Gasteiger partial charge on any atom is -0.497 e. The molecule has 0 bridgehead atoms. The molecule has 3 heteroatoms. The van der Waals surface area contributed by atoms with Crippen LogP contribution >= 0.6 is 11.3 Å². The minimum absolute atomic E-state index is 0.561. The van der Waals surface area contributed by atoms with Crippen LogP contribution in [-0.2, 0) is 6.42 Å². The van der Waals surface area contributed by atoms with Gasteiger partial charge in [0.25, 0.3) is 0 Å². The molecule has 0 N–H and O–H groups in total. The number of rotatable bonds is 5. The number of hydrogen-bond acceptors (Lipinski definition) is 3. The number of nitrogens with zero attached hydrogens (tertiary/aromatic N) is 1. The van der Waals surface area contributed by atoms with Crippen LogP contribution in [0.25, 0.3) is 0 Å². The van der Waals surface area contributed by atoms with Crippen molar-refractivity contribution in [2.24, 2.45) is 0 Å². The van der Waals surface area contributed by atoms with E-state index in [1.807, 2.05) is 12.1 Å². The maximum atomic E-state index is 5.16. The lowest BCUT2D eigenvalue weighted by atomic mass is 10.1. The zero-order valence-electron chi connectivity index (χ0n) is 11.1. The number of methoxy groups -OCH3 is 1. The molecule has 2 rings (SSSR count). The Bertz CT molecular complexity index is 489. The Hall–Kier alpha value is -1.35. The van der Waals surface area contributed by atoms with Gasteiger partial charge in [-0.15, -0.1) is 11.3 Å². The molecule has 0 amide bonds. The quantitative estimate of drug-likeness (QED) is 0.802. The molecule has 0 radical (unpaired) electrons. The lowest BCUT2D eigenvalue weighted by Gasteiger charge is -2.03. The van der Waals surface area contributed by atoms with Crippen LogP contribution in [0.1, 0.15) is 42.5 Å². The molecule has 1 aromatic carbocycles. The van der Waals surface area contributed by atoms with Crippen LogP contribution < -0.4 is 4.74 Å². The summed E-state index contributed by atoms with van der Waals surface area (Å²) in [5, 5.41) is 3.38. The lowest BCUT2D eigenvalue weighted by Crippen LogP contribution is -1.93. The number of hydrogen-bond donors (Lipinski definition) is 0. The average Bonchev–Trinajstić information content (AvgIpc) is 2.87. The molecule has 0 aliphatic rings. The maximum Gasteiger partial charge on any atom is 0.118 e. The van der Waals surface area contributed by atoms with Crippen molar-refractivity contribution in [2.75, 3.05) is 7.11 Å². The Labute approximate surface area is 113 Å². The molecular weight excluding hydrogens is 242 g/mol. The molecule has 2 nitrogen and oxygen atoms in total. The third-order valence-electron chi connectivity index (χ3n) is 3.20. The smallest absolute Gasteiger partial charge is 0.118 e. The molecule has 1 aromatic heterocycles. The summed E-state index contributed by atoms with van der Waals surface area (Å²) in [7, 11) is 1.69. The summed E-state index contributed by atoms with van der Waals surface area (Å²) in [6.45, 7) is 4.43. The van der Waals surface area contributed by atoms with Gasteiger partial charge in [0, 0.05) is 11.8 Å². The Kier molecular flexibility index (Phi) is 4.37. The highest BCUT2D eigenvalue weighted by Gasteiger charge is 2.08. The van der Waals surface area contributed by atoms with Crippen molar-refractivity contribution in [1.82, 2.24) is 4.98 Å². The first-order chi connectivity index (χ1) is 8.72. The van der Waals surface area contributed by atoms with E-state index in [1.54, 1.807) is 18.4 Å². The second-order valence-corrected chi connectivity index (χ2v) is 5.44. The van der Waals surface area contributed by atoms with Crippen LogP contribution in [0.5, 0.6) is 5.75 Å². The first-order valence-electron chi connectivity index (χ1n) is 6.30. The molecule has 0 aliphatic carbocycles. The molecule has 1 unspecified atom stereocenters. The van der Waals surface area contributed by atoms with Gasteiger partial charge in [-0.25, -0.2) is 4.98 Å². The molecule has 0 saturated heterocycles. The highest BCUT2D eigenvalue weighted by atomic mass is 32.1. The predicted octanol–water partition coefficient (Wildman–Crippen LogP) is 4.26. The van der Waals surface area contributed by atoms with Gasteiger partial charge in [0.15, 0.2) is 0 Å². The highest BCUT2D eigenvalue weighted by Crippen LogP contribution is 2.23. The summed E-state index contributed by atoms with van der Waals surface area (Å²) in [5.41, 5.74) is 2.51. The molecular formula is C15H19NOS. The van der Waals surface area contributed by atoms with Crippen molar-refractivity contribution in [2.45, 2.75) is 32.6 Å². The fourth-order valence-electron chi connectivity index (χ4n) is 1.76. The van der Waals surface area contributed by atoms with Crippen molar-refractivity contribution in [3.63, 3.8) is 0 Å². The van der Waals surface area contributed by atoms with E-state index in [0.717, 1.165) is 18.6 Å². The van der Waals surface area contributed by atoms with E-state index in [0.29, 0.717) is 5.92 Å². The molecule has 2 aromatic rings. The van der Waals surface area contributed by atoms with Gasteiger partial charge < -0.3 is 4.74 Å². The average molecular weight is 261 g/mol. The standard InChI is InChI=1S/C15H19NOS/c1-4-11(2)14-10-18-15(16-14)9-12-5-7-13(17-3)8-6-12/h5-8,10-11H,4,9H2,1-3H3. The van der Waals surface area contributed by atoms with Crippen LogP contribution in [-0.4, -0.2) is 12.1 Å².